The first-order valence-corrected chi connectivity index (χ1v) is 6.21. The van der Waals surface area contributed by atoms with Gasteiger partial charge in [-0.15, -0.1) is 0 Å². The fraction of sp³-hybridized carbons (Fsp3) is 0.643. The highest BCUT2D eigenvalue weighted by Crippen LogP contribution is 2.26. The fourth-order valence-electron chi connectivity index (χ4n) is 2.18. The van der Waals surface area contributed by atoms with Crippen molar-refractivity contribution < 1.29 is 4.79 Å². The summed E-state index contributed by atoms with van der Waals surface area (Å²) in [7, 11) is 1.92. The summed E-state index contributed by atoms with van der Waals surface area (Å²) in [5.74, 6) is 0.955. The molecule has 2 heteroatoms. The minimum Gasteiger partial charge on any atom is -0.339 e. The molecule has 1 saturated carbocycles. The minimum absolute atomic E-state index is 0.123. The van der Waals surface area contributed by atoms with Gasteiger partial charge in [-0.2, -0.15) is 0 Å². The quantitative estimate of drug-likeness (QED) is 0.529. The second-order valence-electron chi connectivity index (χ2n) is 4.75. The van der Waals surface area contributed by atoms with Gasteiger partial charge in [0, 0.05) is 19.2 Å². The van der Waals surface area contributed by atoms with Crippen LogP contribution in [0.2, 0.25) is 0 Å². The SMILES string of the molecule is C/C=C/C=C/C(=O)N(C)C1CCC(C)CC1. The van der Waals surface area contributed by atoms with Crippen molar-refractivity contribution in [2.45, 2.75) is 45.6 Å². The fourth-order valence-corrected chi connectivity index (χ4v) is 2.18. The van der Waals surface area contributed by atoms with Crippen LogP contribution in [0, 0.1) is 5.92 Å². The first-order chi connectivity index (χ1) is 7.65. The zero-order valence-corrected chi connectivity index (χ0v) is 10.6. The van der Waals surface area contributed by atoms with E-state index in [1.807, 2.05) is 37.1 Å². The number of carbonyl (C=O) groups is 1. The van der Waals surface area contributed by atoms with Crippen molar-refractivity contribution in [3.05, 3.63) is 24.3 Å². The van der Waals surface area contributed by atoms with E-state index in [1.54, 1.807) is 6.08 Å². The Morgan fingerprint density at radius 3 is 2.38 bits per heavy atom. The van der Waals surface area contributed by atoms with Gasteiger partial charge in [-0.25, -0.2) is 0 Å². The number of allylic oxidation sites excluding steroid dienone is 3. The molecule has 0 saturated heterocycles. The normalized spacial score (nSPS) is 26.4. The molecule has 90 valence electrons. The standard InChI is InChI=1S/C14H23NO/c1-4-5-6-7-14(16)15(3)13-10-8-12(2)9-11-13/h4-7,12-13H,8-11H2,1-3H3/b5-4+,7-6+. The smallest absolute Gasteiger partial charge is 0.246 e. The molecule has 0 aromatic heterocycles. The maximum absolute atomic E-state index is 11.8. The van der Waals surface area contributed by atoms with Crippen molar-refractivity contribution in [2.24, 2.45) is 5.92 Å². The Hall–Kier alpha value is -1.05. The van der Waals surface area contributed by atoms with E-state index in [4.69, 9.17) is 0 Å². The Kier molecular flexibility index (Phi) is 5.30. The van der Waals surface area contributed by atoms with Crippen molar-refractivity contribution in [3.8, 4) is 0 Å². The van der Waals surface area contributed by atoms with Crippen LogP contribution in [-0.2, 0) is 4.79 Å². The molecule has 0 aromatic carbocycles. The second kappa shape index (κ2) is 6.51. The second-order valence-corrected chi connectivity index (χ2v) is 4.75. The van der Waals surface area contributed by atoms with Crippen LogP contribution in [0.3, 0.4) is 0 Å². The van der Waals surface area contributed by atoms with E-state index in [-0.39, 0.29) is 5.91 Å². The Balaban J connectivity index is 2.44. The third-order valence-electron chi connectivity index (χ3n) is 3.42. The summed E-state index contributed by atoms with van der Waals surface area (Å²) >= 11 is 0. The van der Waals surface area contributed by atoms with Crippen LogP contribution in [0.5, 0.6) is 0 Å². The van der Waals surface area contributed by atoms with E-state index in [1.165, 1.54) is 12.8 Å². The lowest BCUT2D eigenvalue weighted by atomic mass is 9.87. The van der Waals surface area contributed by atoms with E-state index >= 15 is 0 Å². The van der Waals surface area contributed by atoms with Gasteiger partial charge in [-0.1, -0.05) is 25.2 Å². The number of amides is 1. The van der Waals surface area contributed by atoms with Crippen molar-refractivity contribution in [2.75, 3.05) is 7.05 Å². The predicted octanol–water partition coefficient (Wildman–Crippen LogP) is 3.16. The third kappa shape index (κ3) is 3.84. The molecule has 0 heterocycles. The zero-order chi connectivity index (χ0) is 12.0. The van der Waals surface area contributed by atoms with Gasteiger partial charge in [0.05, 0.1) is 0 Å². The Labute approximate surface area is 99.0 Å². The van der Waals surface area contributed by atoms with Crippen LogP contribution in [0.25, 0.3) is 0 Å². The number of carbonyl (C=O) groups excluding carboxylic acids is 1. The highest BCUT2D eigenvalue weighted by atomic mass is 16.2. The first kappa shape index (κ1) is 13.0. The molecule has 1 aliphatic carbocycles. The molecule has 2 nitrogen and oxygen atoms in total. The molecule has 1 amide bonds. The van der Waals surface area contributed by atoms with Gasteiger partial charge in [0.25, 0.3) is 0 Å². The molecule has 1 rings (SSSR count). The van der Waals surface area contributed by atoms with Gasteiger partial charge >= 0.3 is 0 Å². The van der Waals surface area contributed by atoms with Gasteiger partial charge in [0.15, 0.2) is 0 Å². The molecule has 0 bridgehead atoms. The number of hydrogen-bond donors (Lipinski definition) is 0. The number of hydrogen-bond acceptors (Lipinski definition) is 1. The third-order valence-corrected chi connectivity index (χ3v) is 3.42. The topological polar surface area (TPSA) is 20.3 Å². The number of nitrogens with zero attached hydrogens (tertiary/aromatic N) is 1. The van der Waals surface area contributed by atoms with Gasteiger partial charge < -0.3 is 4.90 Å². The Bertz CT molecular complexity index is 272. The highest BCUT2D eigenvalue weighted by Gasteiger charge is 2.23. The summed E-state index contributed by atoms with van der Waals surface area (Å²) in [5, 5.41) is 0. The first-order valence-electron chi connectivity index (χ1n) is 6.21. The molecule has 0 atom stereocenters. The van der Waals surface area contributed by atoms with Crippen LogP contribution in [0.4, 0.5) is 0 Å². The van der Waals surface area contributed by atoms with Gasteiger partial charge in [0.2, 0.25) is 5.91 Å². The number of rotatable bonds is 3. The summed E-state index contributed by atoms with van der Waals surface area (Å²) in [6, 6.07) is 0.443. The van der Waals surface area contributed by atoms with Crippen molar-refractivity contribution in [3.63, 3.8) is 0 Å². The van der Waals surface area contributed by atoms with E-state index in [2.05, 4.69) is 6.92 Å². The molecule has 0 spiro atoms. The van der Waals surface area contributed by atoms with Crippen molar-refractivity contribution in [1.82, 2.24) is 4.90 Å². The van der Waals surface area contributed by atoms with Crippen molar-refractivity contribution in [1.29, 1.82) is 0 Å². The Morgan fingerprint density at radius 1 is 1.19 bits per heavy atom. The predicted molar refractivity (Wildman–Crippen MR) is 68.1 cm³/mol. The maximum atomic E-state index is 11.8. The highest BCUT2D eigenvalue weighted by molar-refractivity contribution is 5.87. The average Bonchev–Trinajstić information content (AvgIpc) is 2.29. The summed E-state index contributed by atoms with van der Waals surface area (Å²) in [6.45, 7) is 4.24. The molecule has 0 aromatic rings. The largest absolute Gasteiger partial charge is 0.339 e. The summed E-state index contributed by atoms with van der Waals surface area (Å²) < 4.78 is 0. The molecule has 0 N–H and O–H groups in total. The maximum Gasteiger partial charge on any atom is 0.246 e. The molecule has 0 unspecified atom stereocenters. The van der Waals surface area contributed by atoms with Crippen LogP contribution in [0.1, 0.15) is 39.5 Å². The van der Waals surface area contributed by atoms with Gasteiger partial charge in [-0.05, 0) is 38.5 Å². The minimum atomic E-state index is 0.123. The van der Waals surface area contributed by atoms with E-state index in [9.17, 15) is 4.79 Å². The zero-order valence-electron chi connectivity index (χ0n) is 10.6. The molecule has 1 fully saturated rings. The lowest BCUT2D eigenvalue weighted by Gasteiger charge is -2.33. The van der Waals surface area contributed by atoms with E-state index < -0.39 is 0 Å². The average molecular weight is 221 g/mol. The monoisotopic (exact) mass is 221 g/mol. The van der Waals surface area contributed by atoms with Crippen LogP contribution in [0.15, 0.2) is 24.3 Å². The van der Waals surface area contributed by atoms with Gasteiger partial charge in [-0.3, -0.25) is 4.79 Å². The summed E-state index contributed by atoms with van der Waals surface area (Å²) in [5.41, 5.74) is 0. The molecule has 0 aliphatic heterocycles. The molecule has 16 heavy (non-hydrogen) atoms. The van der Waals surface area contributed by atoms with E-state index in [0.29, 0.717) is 6.04 Å². The van der Waals surface area contributed by atoms with Crippen molar-refractivity contribution >= 4 is 5.91 Å². The van der Waals surface area contributed by atoms with Crippen LogP contribution < -0.4 is 0 Å². The summed E-state index contributed by atoms with van der Waals surface area (Å²) in [6.07, 6.45) is 12.1. The molecular formula is C14H23NO. The van der Waals surface area contributed by atoms with E-state index in [0.717, 1.165) is 18.8 Å². The Morgan fingerprint density at radius 2 is 1.81 bits per heavy atom. The lowest BCUT2D eigenvalue weighted by Crippen LogP contribution is -2.38. The molecule has 1 aliphatic rings. The van der Waals surface area contributed by atoms with Crippen LogP contribution >= 0.6 is 0 Å². The van der Waals surface area contributed by atoms with Crippen LogP contribution in [-0.4, -0.2) is 23.9 Å². The summed E-state index contributed by atoms with van der Waals surface area (Å²) in [4.78, 5) is 13.7. The lowest BCUT2D eigenvalue weighted by molar-refractivity contribution is -0.127. The molecular weight excluding hydrogens is 198 g/mol. The van der Waals surface area contributed by atoms with Gasteiger partial charge in [0.1, 0.15) is 0 Å². The number of likely N-dealkylation sites (N-methyl/N-ethyl adjacent to an activating group) is 1. The molecule has 0 radical (unpaired) electrons.